The quantitative estimate of drug-likeness (QED) is 0.233. The first kappa shape index (κ1) is 28.0. The van der Waals surface area contributed by atoms with E-state index in [0.29, 0.717) is 0 Å². The summed E-state index contributed by atoms with van der Waals surface area (Å²) in [5, 5.41) is 0.748. The average Bonchev–Trinajstić information content (AvgIpc) is 2.93. The maximum absolute atomic E-state index is 6.68. The van der Waals surface area contributed by atoms with E-state index < -0.39 is 0 Å². The lowest BCUT2D eigenvalue weighted by Crippen LogP contribution is -2.25. The van der Waals surface area contributed by atoms with Crippen LogP contribution in [0.25, 0.3) is 11.1 Å². The maximum Gasteiger partial charge on any atom is 0.0540 e. The summed E-state index contributed by atoms with van der Waals surface area (Å²) >= 11 is 6.68. The van der Waals surface area contributed by atoms with Crippen LogP contribution in [-0.4, -0.2) is 0 Å². The Morgan fingerprint density at radius 1 is 0.725 bits per heavy atom. The van der Waals surface area contributed by atoms with Gasteiger partial charge >= 0.3 is 0 Å². The zero-order chi connectivity index (χ0) is 28.5. The Morgan fingerprint density at radius 3 is 2.05 bits per heavy atom. The Kier molecular flexibility index (Phi) is 7.80. The van der Waals surface area contributed by atoms with Gasteiger partial charge in [-0.25, -0.2) is 0 Å². The van der Waals surface area contributed by atoms with E-state index in [9.17, 15) is 0 Å². The van der Waals surface area contributed by atoms with E-state index >= 15 is 0 Å². The van der Waals surface area contributed by atoms with E-state index in [1.807, 2.05) is 6.07 Å². The minimum Gasteiger partial charge on any atom is -0.310 e. The Labute approximate surface area is 245 Å². The van der Waals surface area contributed by atoms with Crippen molar-refractivity contribution in [3.8, 4) is 11.1 Å². The SMILES string of the molecule is Cc1cc(Cl)cc(N(C2=CCCC(C(C)(C)c3ccccc3)=C2)c2ccc(C(C)(C)C)cc2-c2ccccc2)c1. The molecule has 5 rings (SSSR count). The van der Waals surface area contributed by atoms with Crippen LogP contribution in [0.3, 0.4) is 0 Å². The largest absolute Gasteiger partial charge is 0.310 e. The number of rotatable bonds is 6. The number of benzene rings is 4. The van der Waals surface area contributed by atoms with Crippen molar-refractivity contribution < 1.29 is 0 Å². The van der Waals surface area contributed by atoms with Crippen molar-refractivity contribution in [1.82, 2.24) is 0 Å². The van der Waals surface area contributed by atoms with Gasteiger partial charge in [0.25, 0.3) is 0 Å². The molecule has 0 radical (unpaired) electrons. The highest BCUT2D eigenvalue weighted by Gasteiger charge is 2.29. The van der Waals surface area contributed by atoms with Gasteiger partial charge in [-0.05, 0) is 83.8 Å². The van der Waals surface area contributed by atoms with E-state index in [-0.39, 0.29) is 10.8 Å². The minimum absolute atomic E-state index is 0.0381. The van der Waals surface area contributed by atoms with Gasteiger partial charge in [0.1, 0.15) is 0 Å². The van der Waals surface area contributed by atoms with E-state index in [4.69, 9.17) is 11.6 Å². The first-order valence-corrected chi connectivity index (χ1v) is 14.7. The van der Waals surface area contributed by atoms with E-state index in [2.05, 4.69) is 150 Å². The van der Waals surface area contributed by atoms with Crippen molar-refractivity contribution in [2.75, 3.05) is 4.90 Å². The van der Waals surface area contributed by atoms with Crippen LogP contribution in [0.1, 0.15) is 64.2 Å². The van der Waals surface area contributed by atoms with Crippen LogP contribution in [-0.2, 0) is 10.8 Å². The molecule has 204 valence electrons. The fourth-order valence-electron chi connectivity index (χ4n) is 5.69. The first-order chi connectivity index (χ1) is 19.0. The van der Waals surface area contributed by atoms with E-state index in [1.165, 1.54) is 33.5 Å². The monoisotopic (exact) mass is 545 g/mol. The minimum atomic E-state index is -0.0744. The first-order valence-electron chi connectivity index (χ1n) is 14.3. The summed E-state index contributed by atoms with van der Waals surface area (Å²) in [5.41, 5.74) is 11.0. The van der Waals surface area contributed by atoms with Gasteiger partial charge in [0.2, 0.25) is 0 Å². The summed E-state index contributed by atoms with van der Waals surface area (Å²) < 4.78 is 0. The predicted molar refractivity (Wildman–Crippen MR) is 174 cm³/mol. The average molecular weight is 546 g/mol. The number of halogens is 1. The van der Waals surface area contributed by atoms with Gasteiger partial charge in [-0.15, -0.1) is 0 Å². The normalized spacial score (nSPS) is 14.0. The van der Waals surface area contributed by atoms with Crippen molar-refractivity contribution in [2.24, 2.45) is 0 Å². The molecule has 40 heavy (non-hydrogen) atoms. The lowest BCUT2D eigenvalue weighted by Gasteiger charge is -2.35. The molecule has 0 heterocycles. The smallest absolute Gasteiger partial charge is 0.0540 e. The topological polar surface area (TPSA) is 3.24 Å². The number of nitrogens with zero attached hydrogens (tertiary/aromatic N) is 1. The van der Waals surface area contributed by atoms with Crippen LogP contribution in [0.15, 0.2) is 120 Å². The van der Waals surface area contributed by atoms with Gasteiger partial charge in [-0.1, -0.05) is 125 Å². The van der Waals surface area contributed by atoms with Crippen molar-refractivity contribution >= 4 is 23.0 Å². The molecular formula is C38H40ClN. The third-order valence-electron chi connectivity index (χ3n) is 8.12. The van der Waals surface area contributed by atoms with Crippen LogP contribution < -0.4 is 4.90 Å². The molecule has 0 saturated heterocycles. The zero-order valence-electron chi connectivity index (χ0n) is 24.6. The van der Waals surface area contributed by atoms with Crippen LogP contribution in [0, 0.1) is 6.92 Å². The molecule has 4 aromatic rings. The highest BCUT2D eigenvalue weighted by atomic mass is 35.5. The lowest BCUT2D eigenvalue weighted by atomic mass is 9.74. The third kappa shape index (κ3) is 5.81. The number of anilines is 2. The molecule has 1 aliphatic carbocycles. The van der Waals surface area contributed by atoms with Gasteiger partial charge in [-0.3, -0.25) is 0 Å². The molecule has 0 N–H and O–H groups in total. The zero-order valence-corrected chi connectivity index (χ0v) is 25.4. The fraction of sp³-hybridized carbons (Fsp3) is 0.263. The molecule has 2 heteroatoms. The van der Waals surface area contributed by atoms with Crippen LogP contribution in [0.2, 0.25) is 5.02 Å². The summed E-state index contributed by atoms with van der Waals surface area (Å²) in [4.78, 5) is 2.41. The second kappa shape index (κ2) is 11.1. The molecule has 0 unspecified atom stereocenters. The molecule has 0 spiro atoms. The summed E-state index contributed by atoms with van der Waals surface area (Å²) in [7, 11) is 0. The highest BCUT2D eigenvalue weighted by Crippen LogP contribution is 2.44. The van der Waals surface area contributed by atoms with Crippen molar-refractivity contribution in [1.29, 1.82) is 0 Å². The highest BCUT2D eigenvalue weighted by molar-refractivity contribution is 6.31. The number of hydrogen-bond acceptors (Lipinski definition) is 1. The Morgan fingerprint density at radius 2 is 1.40 bits per heavy atom. The van der Waals surface area contributed by atoms with Gasteiger partial charge in [-0.2, -0.15) is 0 Å². The molecule has 0 saturated carbocycles. The summed E-state index contributed by atoms with van der Waals surface area (Å²) in [6.45, 7) is 13.6. The van der Waals surface area contributed by atoms with Crippen molar-refractivity contribution in [3.05, 3.63) is 142 Å². The lowest BCUT2D eigenvalue weighted by molar-refractivity contribution is 0.587. The molecule has 1 aliphatic rings. The standard InChI is InChI=1S/C38H40ClN/c1-27-22-32(39)26-34(23-27)40(33-19-13-18-31(24-33)38(5,6)29-16-11-8-12-17-29)36-21-20-30(37(2,3)4)25-35(36)28-14-9-7-10-15-28/h7-12,14-17,19-26H,13,18H2,1-6H3. The molecule has 0 fully saturated rings. The van der Waals surface area contributed by atoms with Gasteiger partial charge < -0.3 is 4.90 Å². The molecule has 0 bridgehead atoms. The van der Waals surface area contributed by atoms with Crippen molar-refractivity contribution in [2.45, 2.75) is 65.2 Å². The van der Waals surface area contributed by atoms with E-state index in [0.717, 1.165) is 34.8 Å². The predicted octanol–water partition coefficient (Wildman–Crippen LogP) is 11.3. The number of hydrogen-bond donors (Lipinski definition) is 0. The summed E-state index contributed by atoms with van der Waals surface area (Å²) in [5.74, 6) is 0. The van der Waals surface area contributed by atoms with Crippen LogP contribution >= 0.6 is 11.6 Å². The van der Waals surface area contributed by atoms with Crippen LogP contribution in [0.4, 0.5) is 11.4 Å². The Balaban J connectivity index is 1.73. The second-order valence-electron chi connectivity index (χ2n) is 12.5. The molecule has 0 aliphatic heterocycles. The number of allylic oxidation sites excluding steroid dienone is 3. The van der Waals surface area contributed by atoms with E-state index in [1.54, 1.807) is 0 Å². The fourth-order valence-corrected chi connectivity index (χ4v) is 5.98. The van der Waals surface area contributed by atoms with Crippen molar-refractivity contribution in [3.63, 3.8) is 0 Å². The maximum atomic E-state index is 6.68. The van der Waals surface area contributed by atoms with Gasteiger partial charge in [0.15, 0.2) is 0 Å². The van der Waals surface area contributed by atoms with Crippen LogP contribution in [0.5, 0.6) is 0 Å². The molecule has 1 nitrogen and oxygen atoms in total. The second-order valence-corrected chi connectivity index (χ2v) is 12.9. The molecule has 0 atom stereocenters. The molecule has 0 amide bonds. The molecule has 4 aromatic carbocycles. The number of aryl methyl sites for hydroxylation is 1. The van der Waals surface area contributed by atoms with Gasteiger partial charge in [0, 0.05) is 27.4 Å². The summed E-state index contributed by atoms with van der Waals surface area (Å²) in [6.07, 6.45) is 6.84. The van der Waals surface area contributed by atoms with Gasteiger partial charge in [0.05, 0.1) is 5.69 Å². The Bertz CT molecular complexity index is 1530. The molecular weight excluding hydrogens is 506 g/mol. The Hall–Kier alpha value is -3.55. The summed E-state index contributed by atoms with van der Waals surface area (Å²) in [6, 6.07) is 34.9. The third-order valence-corrected chi connectivity index (χ3v) is 8.34. The molecule has 0 aromatic heterocycles.